The molecule has 6 heteroatoms. The van der Waals surface area contributed by atoms with Crippen LogP contribution in [-0.4, -0.2) is 19.2 Å². The molecule has 1 aliphatic rings. The number of aromatic nitrogens is 4. The summed E-state index contributed by atoms with van der Waals surface area (Å²) >= 11 is 0. The third-order valence-corrected chi connectivity index (χ3v) is 4.70. The topological polar surface area (TPSA) is 35.1 Å². The molecule has 1 aromatic carbocycles. The van der Waals surface area contributed by atoms with Crippen molar-refractivity contribution in [2.75, 3.05) is 0 Å². The van der Waals surface area contributed by atoms with Crippen LogP contribution < -0.4 is 0 Å². The molecule has 0 saturated carbocycles. The van der Waals surface area contributed by atoms with Crippen molar-refractivity contribution in [1.82, 2.24) is 19.2 Å². The lowest BCUT2D eigenvalue weighted by molar-refractivity contribution is 0.601. The van der Waals surface area contributed by atoms with E-state index < -0.39 is 11.6 Å². The molecule has 4 nitrogen and oxygen atoms in total. The van der Waals surface area contributed by atoms with Crippen molar-refractivity contribution < 1.29 is 8.78 Å². The molecule has 4 heterocycles. The van der Waals surface area contributed by atoms with E-state index in [0.717, 1.165) is 54.0 Å². The Morgan fingerprint density at radius 1 is 1.08 bits per heavy atom. The van der Waals surface area contributed by atoms with Crippen molar-refractivity contribution in [3.8, 4) is 22.4 Å². The van der Waals surface area contributed by atoms with E-state index >= 15 is 0 Å². The molecule has 0 unspecified atom stereocenters. The molecule has 0 atom stereocenters. The Balaban J connectivity index is 1.79. The van der Waals surface area contributed by atoms with E-state index in [1.165, 1.54) is 6.07 Å². The Labute approximate surface area is 142 Å². The molecule has 3 aromatic heterocycles. The van der Waals surface area contributed by atoms with Crippen molar-refractivity contribution in [3.05, 3.63) is 66.3 Å². The minimum Gasteiger partial charge on any atom is -0.306 e. The maximum atomic E-state index is 14.4. The highest BCUT2D eigenvalue weighted by molar-refractivity contribution is 5.83. The van der Waals surface area contributed by atoms with Crippen LogP contribution in [0.15, 0.2) is 48.9 Å². The summed E-state index contributed by atoms with van der Waals surface area (Å²) in [6.07, 6.45) is 7.44. The number of rotatable bonds is 2. The van der Waals surface area contributed by atoms with Gasteiger partial charge in [-0.2, -0.15) is 5.10 Å². The maximum absolute atomic E-state index is 14.4. The second kappa shape index (κ2) is 5.24. The molecule has 0 bridgehead atoms. The number of hydrogen-bond acceptors (Lipinski definition) is 2. The van der Waals surface area contributed by atoms with Gasteiger partial charge >= 0.3 is 0 Å². The molecular weight excluding hydrogens is 322 g/mol. The lowest BCUT2D eigenvalue weighted by Crippen LogP contribution is -1.95. The number of hydrogen-bond donors (Lipinski definition) is 0. The average Bonchev–Trinajstić information content (AvgIpc) is 3.30. The first-order valence-electron chi connectivity index (χ1n) is 8.19. The van der Waals surface area contributed by atoms with Gasteiger partial charge in [0.15, 0.2) is 0 Å². The average molecular weight is 336 g/mol. The van der Waals surface area contributed by atoms with Gasteiger partial charge in [-0.15, -0.1) is 0 Å². The van der Waals surface area contributed by atoms with Crippen LogP contribution >= 0.6 is 0 Å². The molecule has 0 aliphatic carbocycles. The first-order valence-corrected chi connectivity index (χ1v) is 8.19. The highest BCUT2D eigenvalue weighted by Gasteiger charge is 2.25. The van der Waals surface area contributed by atoms with E-state index in [4.69, 9.17) is 0 Å². The zero-order valence-electron chi connectivity index (χ0n) is 13.3. The summed E-state index contributed by atoms with van der Waals surface area (Å²) in [4.78, 5) is 4.25. The largest absolute Gasteiger partial charge is 0.306 e. The highest BCUT2D eigenvalue weighted by atomic mass is 19.1. The molecular formula is C19H14F2N4. The summed E-state index contributed by atoms with van der Waals surface area (Å²) in [6, 6.07) is 7.36. The number of fused-ring (bicyclic) bond motifs is 2. The fourth-order valence-corrected chi connectivity index (χ4v) is 3.57. The van der Waals surface area contributed by atoms with Gasteiger partial charge in [-0.05, 0) is 43.2 Å². The molecule has 0 amide bonds. The van der Waals surface area contributed by atoms with Crippen molar-refractivity contribution >= 4 is 5.65 Å². The summed E-state index contributed by atoms with van der Waals surface area (Å²) in [5, 5.41) is 4.59. The second-order valence-corrected chi connectivity index (χ2v) is 6.23. The molecule has 25 heavy (non-hydrogen) atoms. The number of benzene rings is 1. The fourth-order valence-electron chi connectivity index (χ4n) is 3.57. The normalized spacial score (nSPS) is 13.5. The van der Waals surface area contributed by atoms with E-state index in [9.17, 15) is 8.78 Å². The first kappa shape index (κ1) is 14.3. The molecule has 124 valence electrons. The van der Waals surface area contributed by atoms with E-state index in [1.807, 2.05) is 33.6 Å². The Kier molecular flexibility index (Phi) is 3.00. The minimum absolute atomic E-state index is 0.197. The minimum atomic E-state index is -0.472. The highest BCUT2D eigenvalue weighted by Crippen LogP contribution is 2.38. The predicted octanol–water partition coefficient (Wildman–Crippen LogP) is 4.09. The molecule has 1 aliphatic heterocycles. The molecule has 0 N–H and O–H groups in total. The lowest BCUT2D eigenvalue weighted by atomic mass is 9.98. The van der Waals surface area contributed by atoms with Gasteiger partial charge in [0.2, 0.25) is 0 Å². The van der Waals surface area contributed by atoms with Crippen molar-refractivity contribution in [2.45, 2.75) is 19.4 Å². The van der Waals surface area contributed by atoms with Gasteiger partial charge in [0.05, 0.1) is 0 Å². The molecule has 0 radical (unpaired) electrons. The van der Waals surface area contributed by atoms with Gasteiger partial charge in [-0.3, -0.25) is 4.68 Å². The smallest absolute Gasteiger partial charge is 0.136 e. The molecule has 0 saturated heterocycles. The second-order valence-electron chi connectivity index (χ2n) is 6.23. The fraction of sp³-hybridized carbons (Fsp3) is 0.158. The number of imidazole rings is 1. The van der Waals surface area contributed by atoms with Crippen LogP contribution in [0.1, 0.15) is 12.1 Å². The van der Waals surface area contributed by atoms with Gasteiger partial charge in [0.25, 0.3) is 0 Å². The van der Waals surface area contributed by atoms with Crippen LogP contribution in [0.25, 0.3) is 28.0 Å². The Morgan fingerprint density at radius 2 is 2.00 bits per heavy atom. The quantitative estimate of drug-likeness (QED) is 0.553. The summed E-state index contributed by atoms with van der Waals surface area (Å²) < 4.78 is 31.9. The Hall–Kier alpha value is -3.02. The van der Waals surface area contributed by atoms with Gasteiger partial charge in [-0.25, -0.2) is 13.8 Å². The predicted molar refractivity (Wildman–Crippen MR) is 90.1 cm³/mol. The van der Waals surface area contributed by atoms with E-state index in [2.05, 4.69) is 10.1 Å². The zero-order chi connectivity index (χ0) is 17.0. The Morgan fingerprint density at radius 3 is 2.92 bits per heavy atom. The van der Waals surface area contributed by atoms with E-state index in [-0.39, 0.29) is 5.56 Å². The van der Waals surface area contributed by atoms with E-state index in [0.29, 0.717) is 5.69 Å². The lowest BCUT2D eigenvalue weighted by Gasteiger charge is -2.07. The number of nitrogens with zero attached hydrogens (tertiary/aromatic N) is 4. The summed E-state index contributed by atoms with van der Waals surface area (Å²) in [7, 11) is 0. The number of halogens is 2. The Bertz CT molecular complexity index is 1110. The van der Waals surface area contributed by atoms with Crippen molar-refractivity contribution in [3.63, 3.8) is 0 Å². The first-order chi connectivity index (χ1) is 12.2. The van der Waals surface area contributed by atoms with E-state index in [1.54, 1.807) is 6.20 Å². The van der Waals surface area contributed by atoms with Gasteiger partial charge in [0.1, 0.15) is 23.0 Å². The summed E-state index contributed by atoms with van der Waals surface area (Å²) in [5.41, 5.74) is 4.39. The third-order valence-electron chi connectivity index (χ3n) is 4.70. The van der Waals surface area contributed by atoms with Gasteiger partial charge < -0.3 is 4.40 Å². The van der Waals surface area contributed by atoms with Crippen molar-refractivity contribution in [1.29, 1.82) is 0 Å². The van der Waals surface area contributed by atoms with Crippen molar-refractivity contribution in [2.24, 2.45) is 0 Å². The van der Waals surface area contributed by atoms with Gasteiger partial charge in [0, 0.05) is 47.5 Å². The SMILES string of the molecule is Fc1ccc(F)c(-c2nn3c(c2-c2ccc4nccn4c2)CCC3)c1. The standard InChI is InChI=1S/C19H14F2N4/c20-13-4-5-15(21)14(10-13)19-18(16-2-1-8-25(16)23-19)12-3-6-17-22-7-9-24(17)11-12/h3-7,9-11H,1-2,8H2. The monoisotopic (exact) mass is 336 g/mol. The maximum Gasteiger partial charge on any atom is 0.136 e. The molecule has 5 rings (SSSR count). The molecule has 4 aromatic rings. The summed E-state index contributed by atoms with van der Waals surface area (Å²) in [6.45, 7) is 0.798. The summed E-state index contributed by atoms with van der Waals surface area (Å²) in [5.74, 6) is -0.941. The molecule has 0 fully saturated rings. The number of pyridine rings is 1. The van der Waals surface area contributed by atoms with Crippen LogP contribution in [0, 0.1) is 11.6 Å². The zero-order valence-corrected chi connectivity index (χ0v) is 13.3. The van der Waals surface area contributed by atoms with Gasteiger partial charge in [-0.1, -0.05) is 0 Å². The van der Waals surface area contributed by atoms with Crippen LogP contribution in [0.2, 0.25) is 0 Å². The van der Waals surface area contributed by atoms with Crippen LogP contribution in [0.3, 0.4) is 0 Å². The van der Waals surface area contributed by atoms with Crippen LogP contribution in [0.4, 0.5) is 8.78 Å². The van der Waals surface area contributed by atoms with Crippen LogP contribution in [-0.2, 0) is 13.0 Å². The van der Waals surface area contributed by atoms with Crippen LogP contribution in [0.5, 0.6) is 0 Å². The third kappa shape index (κ3) is 2.17. The number of aryl methyl sites for hydroxylation is 1. The molecule has 0 spiro atoms.